The van der Waals surface area contributed by atoms with E-state index in [9.17, 15) is 78.0 Å². The molecule has 1 rings (SSSR count). The van der Waals surface area contributed by atoms with Crippen molar-refractivity contribution >= 4 is 71.0 Å². The smallest absolute Gasteiger partial charge is 0.329 e. The Kier molecular flexibility index (Phi) is 39.3. The number of carbonyl (C=O) groups is 12. The van der Waals surface area contributed by atoms with Gasteiger partial charge < -0.3 is 78.3 Å². The number of carbonyl (C=O) groups excluding carboxylic acids is 11. The number of aliphatic carboxylic acids is 1. The summed E-state index contributed by atoms with van der Waals surface area (Å²) < 4.78 is 5.85. The van der Waals surface area contributed by atoms with Gasteiger partial charge in [-0.05, 0) is 81.0 Å². The molecule has 0 bridgehead atoms. The third-order valence-corrected chi connectivity index (χ3v) is 15.7. The van der Waals surface area contributed by atoms with Gasteiger partial charge in [-0.2, -0.15) is 0 Å². The van der Waals surface area contributed by atoms with E-state index < -0.39 is 182 Å². The normalized spacial score (nSPS) is 23.6. The second-order valence-electron chi connectivity index (χ2n) is 26.5. The van der Waals surface area contributed by atoms with Crippen LogP contribution in [0.25, 0.3) is 0 Å². The van der Waals surface area contributed by atoms with Gasteiger partial charge in [-0.25, -0.2) is 4.79 Å². The minimum atomic E-state index is -1.99. The van der Waals surface area contributed by atoms with Crippen molar-refractivity contribution in [2.75, 3.05) is 13.2 Å². The first kappa shape index (κ1) is 82.5. The van der Waals surface area contributed by atoms with E-state index in [0.717, 1.165) is 32.1 Å². The Hall–Kier alpha value is -6.48. The molecule has 13 atom stereocenters. The highest BCUT2D eigenvalue weighted by atomic mass is 16.5. The van der Waals surface area contributed by atoms with E-state index in [2.05, 4.69) is 60.1 Å². The second-order valence-corrected chi connectivity index (χ2v) is 26.5. The van der Waals surface area contributed by atoms with Gasteiger partial charge in [0.25, 0.3) is 0 Å². The van der Waals surface area contributed by atoms with Crippen molar-refractivity contribution in [1.29, 1.82) is 0 Å². The number of aliphatic hydroxyl groups is 3. The van der Waals surface area contributed by atoms with E-state index in [1.165, 1.54) is 40.0 Å². The molecule has 0 aromatic carbocycles. The van der Waals surface area contributed by atoms with Crippen molar-refractivity contribution in [3.05, 3.63) is 0 Å². The molecule has 1 saturated heterocycles. The fourth-order valence-electron chi connectivity index (χ4n) is 10.3. The summed E-state index contributed by atoms with van der Waals surface area (Å²) in [6, 6.07) is -15.7. The monoisotopic (exact) mass is 1290 g/mol. The van der Waals surface area contributed by atoms with Crippen LogP contribution in [-0.2, 0) is 62.3 Å². The van der Waals surface area contributed by atoms with Gasteiger partial charge in [-0.1, -0.05) is 154 Å². The van der Waals surface area contributed by atoms with Crippen LogP contribution in [0.4, 0.5) is 0 Å². The van der Waals surface area contributed by atoms with Gasteiger partial charge in [-0.3, -0.25) is 52.7 Å². The van der Waals surface area contributed by atoms with Gasteiger partial charge in [0, 0.05) is 6.42 Å². The molecule has 1 aliphatic heterocycles. The molecule has 0 aromatic rings. The molecule has 0 aliphatic carbocycles. The summed E-state index contributed by atoms with van der Waals surface area (Å²) in [6.07, 6.45) is 5.80. The first-order chi connectivity index (χ1) is 42.7. The lowest BCUT2D eigenvalue weighted by molar-refractivity contribution is -0.157. The molecule has 1 fully saturated rings. The predicted molar refractivity (Wildman–Crippen MR) is 340 cm³/mol. The van der Waals surface area contributed by atoms with E-state index >= 15 is 0 Å². The summed E-state index contributed by atoms with van der Waals surface area (Å²) in [5, 5.41) is 67.0. The van der Waals surface area contributed by atoms with E-state index in [0.29, 0.717) is 12.8 Å². The minimum Gasteiger partial charge on any atom is -0.481 e. The number of nitrogens with one attached hydrogen (secondary N) is 10. The number of hydrogen-bond donors (Lipinski definition) is 14. The molecule has 27 heteroatoms. The van der Waals surface area contributed by atoms with Crippen molar-refractivity contribution in [1.82, 2.24) is 53.2 Å². The Balaban J connectivity index is 4.02. The van der Waals surface area contributed by atoms with Crippen molar-refractivity contribution in [2.45, 2.75) is 285 Å². The molecule has 1 aliphatic rings. The first-order valence-electron chi connectivity index (χ1n) is 33.0. The van der Waals surface area contributed by atoms with Gasteiger partial charge in [0.15, 0.2) is 0 Å². The Labute approximate surface area is 538 Å². The average molecular weight is 1300 g/mol. The lowest BCUT2D eigenvalue weighted by Crippen LogP contribution is -2.63. The molecule has 91 heavy (non-hydrogen) atoms. The lowest BCUT2D eigenvalue weighted by Gasteiger charge is -2.32. The van der Waals surface area contributed by atoms with Crippen LogP contribution in [0.5, 0.6) is 0 Å². The topological polar surface area (TPSA) is 415 Å². The highest BCUT2D eigenvalue weighted by Gasteiger charge is 2.41. The van der Waals surface area contributed by atoms with Crippen molar-refractivity contribution in [3.8, 4) is 0 Å². The molecule has 14 N–H and O–H groups in total. The van der Waals surface area contributed by atoms with E-state index in [-0.39, 0.29) is 62.2 Å². The number of unbranched alkanes of at least 4 members (excludes halogenated alkanes) is 8. The first-order valence-corrected chi connectivity index (χ1v) is 33.0. The van der Waals surface area contributed by atoms with Gasteiger partial charge >= 0.3 is 11.9 Å². The maximum absolute atomic E-state index is 15.0. The van der Waals surface area contributed by atoms with Crippen LogP contribution in [-0.4, -0.2) is 177 Å². The molecule has 522 valence electrons. The largest absolute Gasteiger partial charge is 0.481 e. The van der Waals surface area contributed by atoms with Crippen molar-refractivity contribution < 1.29 is 82.7 Å². The summed E-state index contributed by atoms with van der Waals surface area (Å²) >= 11 is 0. The summed E-state index contributed by atoms with van der Waals surface area (Å²) in [4.78, 5) is 168. The maximum Gasteiger partial charge on any atom is 0.329 e. The van der Waals surface area contributed by atoms with Crippen LogP contribution in [0.2, 0.25) is 0 Å². The molecule has 1 heterocycles. The van der Waals surface area contributed by atoms with E-state index in [1.54, 1.807) is 69.2 Å². The highest BCUT2D eigenvalue weighted by molar-refractivity contribution is 5.99. The van der Waals surface area contributed by atoms with E-state index in [4.69, 9.17) is 4.74 Å². The number of esters is 1. The Morgan fingerprint density at radius 1 is 0.505 bits per heavy atom. The molecule has 27 nitrogen and oxygen atoms in total. The summed E-state index contributed by atoms with van der Waals surface area (Å²) in [5.74, 6) is -14.7. The van der Waals surface area contributed by atoms with Crippen molar-refractivity contribution in [3.63, 3.8) is 0 Å². The third kappa shape index (κ3) is 32.1. The number of carboxylic acids is 1. The van der Waals surface area contributed by atoms with Gasteiger partial charge in [-0.15, -0.1) is 0 Å². The lowest BCUT2D eigenvalue weighted by atomic mass is 9.96. The van der Waals surface area contributed by atoms with Crippen molar-refractivity contribution in [2.24, 2.45) is 35.5 Å². The van der Waals surface area contributed by atoms with Gasteiger partial charge in [0.05, 0.1) is 25.7 Å². The molecule has 0 unspecified atom stereocenters. The Morgan fingerprint density at radius 2 is 0.934 bits per heavy atom. The Bertz CT molecular complexity index is 2340. The molecule has 0 saturated carbocycles. The van der Waals surface area contributed by atoms with Crippen LogP contribution in [0.15, 0.2) is 0 Å². The number of cyclic esters (lactones) is 1. The number of amides is 10. The zero-order valence-electron chi connectivity index (χ0n) is 56.6. The molecular formula is C64H114N10O17. The number of carboxylic acid groups (broad SMARTS) is 1. The zero-order valence-corrected chi connectivity index (χ0v) is 56.6. The standard InChI is InChI=1S/C64H114N10O17/c1-15-17-18-19-20-21-22-23-24-25-42(77)32-50(78)65-44(28-35(3)4)56(82)66-43(26-27-51(79)80)55(81)74-54-41(14)91-64(90)52(39(11)12)72-61(87)49(34-76)71-58(84)46(30-37(7)8)67-57(83)45(29-36(5)6)68-60(86)48(33-75)70-59(85)47(31-38(9)10)69-62(88)53(40(13)16-2)73-63(54)89/h35-49,52-54,75-77H,15-34H2,1-14H3,(H,65,78)(H,66,82)(H,67,83)(H,68,86)(H,69,88)(H,70,85)(H,71,84)(H,72,87)(H,73,89)(H,74,81)(H,79,80)/t40-,41-,42-,43+,44-,45-,46-,47-,48+,49+,52-,53+,54+/m0/s1. The number of rotatable bonds is 33. The fraction of sp³-hybridized carbons (Fsp3) is 0.812. The fourth-order valence-corrected chi connectivity index (χ4v) is 10.3. The van der Waals surface area contributed by atoms with E-state index in [1.807, 2.05) is 0 Å². The quantitative estimate of drug-likeness (QED) is 0.0331. The van der Waals surface area contributed by atoms with Crippen LogP contribution in [0, 0.1) is 35.5 Å². The highest BCUT2D eigenvalue weighted by Crippen LogP contribution is 2.18. The number of aliphatic hydroxyl groups excluding tert-OH is 3. The number of hydrogen-bond acceptors (Lipinski definition) is 16. The van der Waals surface area contributed by atoms with Gasteiger partial charge in [0.1, 0.15) is 66.5 Å². The van der Waals surface area contributed by atoms with Crippen LogP contribution in [0.1, 0.15) is 213 Å². The minimum absolute atomic E-state index is 0.00513. The third-order valence-electron chi connectivity index (χ3n) is 15.7. The average Bonchev–Trinajstić information content (AvgIpc) is 1.67. The zero-order chi connectivity index (χ0) is 69.2. The predicted octanol–water partition coefficient (Wildman–Crippen LogP) is 2.19. The van der Waals surface area contributed by atoms with Crippen LogP contribution in [0.3, 0.4) is 0 Å². The summed E-state index contributed by atoms with van der Waals surface area (Å²) in [5.41, 5.74) is 0. The molecule has 0 radical (unpaired) electrons. The maximum atomic E-state index is 15.0. The van der Waals surface area contributed by atoms with Crippen LogP contribution >= 0.6 is 0 Å². The SMILES string of the molecule is CCCCCCCCCCC[C@H](O)CC(=O)N[C@@H](CC(C)C)C(=O)N[C@H](CCC(=O)O)C(=O)N[C@H]1C(=O)N[C@H]([C@@H](C)CC)C(=O)N[C@@H](CC(C)C)C(=O)N[C@H](CO)C(=O)N[C@@H](CC(C)C)C(=O)N[C@@H](CC(C)C)C(=O)N[C@H](CO)C(=O)N[C@@H](C(C)C)C(=O)O[C@H]1C. The molecule has 0 spiro atoms. The summed E-state index contributed by atoms with van der Waals surface area (Å²) in [7, 11) is 0. The summed E-state index contributed by atoms with van der Waals surface area (Å²) in [6.45, 7) is 21.8. The molecular weight excluding hydrogens is 1180 g/mol. The number of ether oxygens (including phenoxy) is 1. The Morgan fingerprint density at radius 3 is 1.36 bits per heavy atom. The van der Waals surface area contributed by atoms with Crippen LogP contribution < -0.4 is 53.2 Å². The molecule has 0 aromatic heterocycles. The second kappa shape index (κ2) is 43.4. The van der Waals surface area contributed by atoms with Gasteiger partial charge in [0.2, 0.25) is 59.1 Å². The molecule has 10 amide bonds.